The molecular weight excluding hydrogens is 230 g/mol. The lowest BCUT2D eigenvalue weighted by molar-refractivity contribution is 0.0495. The van der Waals surface area contributed by atoms with Gasteiger partial charge in [0.15, 0.2) is 0 Å². The van der Waals surface area contributed by atoms with E-state index in [1.54, 1.807) is 0 Å². The van der Waals surface area contributed by atoms with Crippen LogP contribution in [0.3, 0.4) is 0 Å². The molecule has 0 amide bonds. The van der Waals surface area contributed by atoms with Crippen molar-refractivity contribution in [2.45, 2.75) is 19.8 Å². The molecule has 1 aliphatic heterocycles. The Hall–Kier alpha value is -1.40. The maximum Gasteiger partial charge on any atom is 0.146 e. The quantitative estimate of drug-likeness (QED) is 0.841. The maximum atomic E-state index is 5.32. The van der Waals surface area contributed by atoms with Crippen LogP contribution in [0.5, 0.6) is 0 Å². The second-order valence-electron chi connectivity index (χ2n) is 4.61. The van der Waals surface area contributed by atoms with Gasteiger partial charge in [0.2, 0.25) is 0 Å². The molecule has 1 fully saturated rings. The van der Waals surface area contributed by atoms with E-state index in [-0.39, 0.29) is 0 Å². The van der Waals surface area contributed by atoms with Gasteiger partial charge in [-0.2, -0.15) is 0 Å². The number of nitrogens with zero attached hydrogens (tertiary/aromatic N) is 3. The number of ether oxygens (including phenoxy) is 1. The molecule has 0 spiro atoms. The van der Waals surface area contributed by atoms with E-state index in [4.69, 9.17) is 4.74 Å². The highest BCUT2D eigenvalue weighted by Gasteiger charge is 2.13. The molecule has 6 nitrogen and oxygen atoms in total. The largest absolute Gasteiger partial charge is 0.379 e. The minimum Gasteiger partial charge on any atom is -0.379 e. The van der Waals surface area contributed by atoms with E-state index in [0.717, 1.165) is 43.8 Å². The van der Waals surface area contributed by atoms with Crippen molar-refractivity contribution in [3.63, 3.8) is 0 Å². The lowest BCUT2D eigenvalue weighted by atomic mass is 10.2. The van der Waals surface area contributed by atoms with Crippen LogP contribution in [-0.2, 0) is 4.74 Å². The summed E-state index contributed by atoms with van der Waals surface area (Å²) in [6, 6.07) is 1.92. The van der Waals surface area contributed by atoms with Crippen LogP contribution in [0.4, 0.5) is 11.6 Å². The van der Waals surface area contributed by atoms with Gasteiger partial charge in [0.05, 0.1) is 13.2 Å². The SMILES string of the molecule is CNc1cc(NN2CCOCC2)nc(C(C)C)n1. The Morgan fingerprint density at radius 3 is 2.50 bits per heavy atom. The molecule has 0 atom stereocenters. The third kappa shape index (κ3) is 3.30. The zero-order valence-corrected chi connectivity index (χ0v) is 11.2. The maximum absolute atomic E-state index is 5.32. The monoisotopic (exact) mass is 251 g/mol. The van der Waals surface area contributed by atoms with E-state index in [1.165, 1.54) is 0 Å². The molecule has 2 N–H and O–H groups in total. The van der Waals surface area contributed by atoms with Crippen molar-refractivity contribution < 1.29 is 4.74 Å². The normalized spacial score (nSPS) is 16.9. The van der Waals surface area contributed by atoms with Gasteiger partial charge in [-0.05, 0) is 0 Å². The van der Waals surface area contributed by atoms with Gasteiger partial charge in [0, 0.05) is 32.1 Å². The fourth-order valence-corrected chi connectivity index (χ4v) is 1.75. The minimum absolute atomic E-state index is 0.309. The van der Waals surface area contributed by atoms with Gasteiger partial charge in [-0.1, -0.05) is 13.8 Å². The molecule has 1 saturated heterocycles. The summed E-state index contributed by atoms with van der Waals surface area (Å²) in [5.74, 6) is 2.82. The van der Waals surface area contributed by atoms with E-state index in [0.29, 0.717) is 5.92 Å². The summed E-state index contributed by atoms with van der Waals surface area (Å²) in [5.41, 5.74) is 3.31. The van der Waals surface area contributed by atoms with Crippen molar-refractivity contribution >= 4 is 11.6 Å². The zero-order chi connectivity index (χ0) is 13.0. The fourth-order valence-electron chi connectivity index (χ4n) is 1.75. The van der Waals surface area contributed by atoms with Crippen molar-refractivity contribution in [1.29, 1.82) is 0 Å². The second kappa shape index (κ2) is 5.97. The van der Waals surface area contributed by atoms with Crippen LogP contribution >= 0.6 is 0 Å². The van der Waals surface area contributed by atoms with Crippen LogP contribution in [0.15, 0.2) is 6.07 Å². The Bertz CT molecular complexity index is 390. The molecule has 1 aliphatic rings. The van der Waals surface area contributed by atoms with Crippen LogP contribution in [0.25, 0.3) is 0 Å². The van der Waals surface area contributed by atoms with Crippen LogP contribution in [0.2, 0.25) is 0 Å². The van der Waals surface area contributed by atoms with Gasteiger partial charge in [-0.25, -0.2) is 15.0 Å². The van der Waals surface area contributed by atoms with E-state index in [9.17, 15) is 0 Å². The molecule has 1 aromatic rings. The first-order valence-corrected chi connectivity index (χ1v) is 6.35. The number of hydrogen-bond donors (Lipinski definition) is 2. The number of hydrogen-bond acceptors (Lipinski definition) is 6. The number of anilines is 2. The van der Waals surface area contributed by atoms with Crippen molar-refractivity contribution in [2.24, 2.45) is 0 Å². The third-order valence-electron chi connectivity index (χ3n) is 2.80. The third-order valence-corrected chi connectivity index (χ3v) is 2.80. The Balaban J connectivity index is 2.12. The van der Waals surface area contributed by atoms with Gasteiger partial charge in [-0.15, -0.1) is 0 Å². The molecule has 0 radical (unpaired) electrons. The van der Waals surface area contributed by atoms with E-state index in [2.05, 4.69) is 39.6 Å². The fraction of sp³-hybridized carbons (Fsp3) is 0.667. The molecule has 18 heavy (non-hydrogen) atoms. The Morgan fingerprint density at radius 2 is 1.89 bits per heavy atom. The number of hydrazine groups is 1. The van der Waals surface area contributed by atoms with Gasteiger partial charge < -0.3 is 15.5 Å². The summed E-state index contributed by atoms with van der Waals surface area (Å²) in [7, 11) is 1.87. The summed E-state index contributed by atoms with van der Waals surface area (Å²) in [6.07, 6.45) is 0. The highest BCUT2D eigenvalue weighted by Crippen LogP contribution is 2.17. The Morgan fingerprint density at radius 1 is 1.22 bits per heavy atom. The molecule has 2 heterocycles. The first kappa shape index (κ1) is 13.0. The van der Waals surface area contributed by atoms with Gasteiger partial charge >= 0.3 is 0 Å². The molecule has 2 rings (SSSR count). The molecule has 0 aromatic carbocycles. The molecule has 0 unspecified atom stereocenters. The van der Waals surface area contributed by atoms with Crippen molar-refractivity contribution in [1.82, 2.24) is 15.0 Å². The van der Waals surface area contributed by atoms with Crippen LogP contribution < -0.4 is 10.7 Å². The first-order chi connectivity index (χ1) is 8.69. The summed E-state index contributed by atoms with van der Waals surface area (Å²) < 4.78 is 5.32. The average molecular weight is 251 g/mol. The van der Waals surface area contributed by atoms with Gasteiger partial charge in [0.25, 0.3) is 0 Å². The highest BCUT2D eigenvalue weighted by atomic mass is 16.5. The number of nitrogens with one attached hydrogen (secondary N) is 2. The standard InChI is InChI=1S/C12H21N5O/c1-9(2)12-14-10(13-3)8-11(15-12)16-17-4-6-18-7-5-17/h8-9H,4-7H2,1-3H3,(H2,13,14,15,16). The van der Waals surface area contributed by atoms with Crippen molar-refractivity contribution in [3.8, 4) is 0 Å². The van der Waals surface area contributed by atoms with Crippen molar-refractivity contribution in [3.05, 3.63) is 11.9 Å². The molecule has 1 aromatic heterocycles. The molecule has 0 bridgehead atoms. The molecule has 0 aliphatic carbocycles. The smallest absolute Gasteiger partial charge is 0.146 e. The van der Waals surface area contributed by atoms with E-state index < -0.39 is 0 Å². The number of rotatable bonds is 4. The number of aromatic nitrogens is 2. The summed E-state index contributed by atoms with van der Waals surface area (Å²) in [5, 5.41) is 5.19. The van der Waals surface area contributed by atoms with Crippen LogP contribution in [-0.4, -0.2) is 48.3 Å². The predicted molar refractivity (Wildman–Crippen MR) is 71.7 cm³/mol. The Labute approximate surface area is 108 Å². The van der Waals surface area contributed by atoms with Crippen LogP contribution in [0, 0.1) is 0 Å². The molecular formula is C12H21N5O. The van der Waals surface area contributed by atoms with Crippen molar-refractivity contribution in [2.75, 3.05) is 44.1 Å². The lowest BCUT2D eigenvalue weighted by Crippen LogP contribution is -2.40. The lowest BCUT2D eigenvalue weighted by Gasteiger charge is -2.27. The second-order valence-corrected chi connectivity index (χ2v) is 4.61. The zero-order valence-electron chi connectivity index (χ0n) is 11.2. The molecule has 6 heteroatoms. The summed E-state index contributed by atoms with van der Waals surface area (Å²) >= 11 is 0. The van der Waals surface area contributed by atoms with E-state index >= 15 is 0 Å². The minimum atomic E-state index is 0.309. The number of morpholine rings is 1. The van der Waals surface area contributed by atoms with E-state index in [1.807, 2.05) is 13.1 Å². The van der Waals surface area contributed by atoms with Gasteiger partial charge in [-0.3, -0.25) is 0 Å². The highest BCUT2D eigenvalue weighted by molar-refractivity contribution is 5.47. The van der Waals surface area contributed by atoms with Gasteiger partial charge in [0.1, 0.15) is 17.5 Å². The topological polar surface area (TPSA) is 62.3 Å². The Kier molecular flexibility index (Phi) is 4.33. The first-order valence-electron chi connectivity index (χ1n) is 6.35. The average Bonchev–Trinajstić information content (AvgIpc) is 2.39. The summed E-state index contributed by atoms with van der Waals surface area (Å²) in [6.45, 7) is 7.44. The summed E-state index contributed by atoms with van der Waals surface area (Å²) in [4.78, 5) is 8.97. The predicted octanol–water partition coefficient (Wildman–Crippen LogP) is 1.30. The molecule has 100 valence electrons. The van der Waals surface area contributed by atoms with Crippen LogP contribution in [0.1, 0.15) is 25.6 Å². The molecule has 0 saturated carbocycles.